The molecular weight excluding hydrogens is 309 g/mol. The molecule has 2 atom stereocenters. The van der Waals surface area contributed by atoms with Crippen molar-refractivity contribution < 1.29 is 27.4 Å². The number of benzene rings is 1. The summed E-state index contributed by atoms with van der Waals surface area (Å²) in [6.45, 7) is 1.55. The van der Waals surface area contributed by atoms with Gasteiger partial charge in [0.15, 0.2) is 11.5 Å². The van der Waals surface area contributed by atoms with Crippen LogP contribution in [-0.2, 0) is 4.74 Å². The summed E-state index contributed by atoms with van der Waals surface area (Å²) in [4.78, 5) is 0. The van der Waals surface area contributed by atoms with E-state index < -0.39 is 18.2 Å². The molecule has 1 heterocycles. The zero-order valence-corrected chi connectivity index (χ0v) is 12.2. The summed E-state index contributed by atoms with van der Waals surface area (Å²) in [6, 6.07) is 5.09. The lowest BCUT2D eigenvalue weighted by molar-refractivity contribution is -0.173. The topological polar surface area (TPSA) is 27.7 Å². The third-order valence-electron chi connectivity index (χ3n) is 2.91. The summed E-state index contributed by atoms with van der Waals surface area (Å²) in [5, 5.41) is -0.679. The molecule has 0 spiro atoms. The van der Waals surface area contributed by atoms with Crippen molar-refractivity contribution in [3.05, 3.63) is 23.8 Å². The van der Waals surface area contributed by atoms with Crippen LogP contribution in [0.5, 0.6) is 11.5 Å². The Morgan fingerprint density at radius 3 is 2.62 bits per heavy atom. The quantitative estimate of drug-likeness (QED) is 0.785. The molecule has 0 fully saturated rings. The van der Waals surface area contributed by atoms with E-state index in [2.05, 4.69) is 4.74 Å². The fourth-order valence-electron chi connectivity index (χ4n) is 1.84. The molecule has 118 valence electrons. The minimum Gasteiger partial charge on any atom is -0.489 e. The van der Waals surface area contributed by atoms with Crippen LogP contribution >= 0.6 is 11.6 Å². The average molecular weight is 325 g/mol. The van der Waals surface area contributed by atoms with Gasteiger partial charge in [0.25, 0.3) is 0 Å². The first-order chi connectivity index (χ1) is 9.85. The molecule has 0 amide bonds. The molecule has 0 N–H and O–H groups in total. The monoisotopic (exact) mass is 324 g/mol. The molecule has 0 saturated carbocycles. The van der Waals surface area contributed by atoms with E-state index in [9.17, 15) is 13.2 Å². The zero-order chi connectivity index (χ0) is 15.5. The number of alkyl halides is 4. The second kappa shape index (κ2) is 6.75. The minimum atomic E-state index is -4.35. The van der Waals surface area contributed by atoms with Crippen LogP contribution < -0.4 is 9.47 Å². The fraction of sp³-hybridized carbons (Fsp3) is 0.571. The largest absolute Gasteiger partial charge is 0.489 e. The third-order valence-corrected chi connectivity index (χ3v) is 3.28. The van der Waals surface area contributed by atoms with Crippen molar-refractivity contribution in [1.29, 1.82) is 0 Å². The van der Waals surface area contributed by atoms with Crippen molar-refractivity contribution in [3.63, 3.8) is 0 Å². The Kier molecular flexibility index (Phi) is 5.22. The van der Waals surface area contributed by atoms with Crippen molar-refractivity contribution in [1.82, 2.24) is 0 Å². The van der Waals surface area contributed by atoms with Gasteiger partial charge in [-0.1, -0.05) is 13.0 Å². The minimum absolute atomic E-state index is 0.225. The van der Waals surface area contributed by atoms with Gasteiger partial charge in [0, 0.05) is 5.92 Å². The molecule has 0 aromatic heterocycles. The maximum atomic E-state index is 12.0. The molecular formula is C14H16ClF3O3. The predicted octanol–water partition coefficient (Wildman–Crippen LogP) is 3.95. The maximum Gasteiger partial charge on any atom is 0.411 e. The van der Waals surface area contributed by atoms with E-state index in [1.54, 1.807) is 18.2 Å². The molecule has 7 heteroatoms. The highest BCUT2D eigenvalue weighted by Gasteiger charge is 2.28. The van der Waals surface area contributed by atoms with Gasteiger partial charge >= 0.3 is 6.18 Å². The van der Waals surface area contributed by atoms with E-state index in [1.807, 2.05) is 6.92 Å². The van der Waals surface area contributed by atoms with E-state index >= 15 is 0 Å². The van der Waals surface area contributed by atoms with Gasteiger partial charge < -0.3 is 14.2 Å². The van der Waals surface area contributed by atoms with Crippen LogP contribution in [0.25, 0.3) is 0 Å². The van der Waals surface area contributed by atoms with Crippen LogP contribution in [-0.4, -0.2) is 32.6 Å². The van der Waals surface area contributed by atoms with Crippen molar-refractivity contribution in [2.75, 3.05) is 26.4 Å². The van der Waals surface area contributed by atoms with Gasteiger partial charge in [-0.15, -0.1) is 11.6 Å². The van der Waals surface area contributed by atoms with Crippen molar-refractivity contribution in [2.45, 2.75) is 18.5 Å². The molecule has 0 bridgehead atoms. The first-order valence-corrected chi connectivity index (χ1v) is 6.97. The lowest BCUT2D eigenvalue weighted by Crippen LogP contribution is -2.18. The molecule has 0 radical (unpaired) electrons. The molecule has 0 aliphatic carbocycles. The lowest BCUT2D eigenvalue weighted by atomic mass is 10.1. The molecule has 0 saturated heterocycles. The molecule has 1 aliphatic heterocycles. The molecule has 21 heavy (non-hydrogen) atoms. The summed E-state index contributed by atoms with van der Waals surface area (Å²) >= 11 is 6.06. The predicted molar refractivity (Wildman–Crippen MR) is 72.1 cm³/mol. The molecule has 3 nitrogen and oxygen atoms in total. The summed E-state index contributed by atoms with van der Waals surface area (Å²) in [5.74, 6) is 1.43. The van der Waals surface area contributed by atoms with Gasteiger partial charge in [-0.3, -0.25) is 0 Å². The Morgan fingerprint density at radius 1 is 1.29 bits per heavy atom. The second-order valence-corrected chi connectivity index (χ2v) is 5.56. The van der Waals surface area contributed by atoms with E-state index in [0.29, 0.717) is 30.3 Å². The fourth-order valence-corrected chi connectivity index (χ4v) is 2.06. The van der Waals surface area contributed by atoms with E-state index in [4.69, 9.17) is 21.1 Å². The van der Waals surface area contributed by atoms with Gasteiger partial charge in [0.2, 0.25) is 0 Å². The van der Waals surface area contributed by atoms with E-state index in [-0.39, 0.29) is 12.5 Å². The highest BCUT2D eigenvalue weighted by Crippen LogP contribution is 2.34. The summed E-state index contributed by atoms with van der Waals surface area (Å²) in [6.07, 6.45) is -4.35. The van der Waals surface area contributed by atoms with Gasteiger partial charge in [-0.25, -0.2) is 0 Å². The van der Waals surface area contributed by atoms with Crippen molar-refractivity contribution in [3.8, 4) is 11.5 Å². The molecule has 1 aromatic carbocycles. The summed E-state index contributed by atoms with van der Waals surface area (Å²) in [7, 11) is 0. The van der Waals surface area contributed by atoms with E-state index in [0.717, 1.165) is 0 Å². The van der Waals surface area contributed by atoms with Gasteiger partial charge in [-0.05, 0) is 17.7 Å². The first kappa shape index (κ1) is 16.2. The first-order valence-electron chi connectivity index (χ1n) is 6.53. The number of ether oxygens (including phenoxy) is 3. The Hall–Kier alpha value is -1.14. The normalized spacial score (nSPS) is 20.0. The van der Waals surface area contributed by atoms with Crippen LogP contribution in [0.15, 0.2) is 18.2 Å². The average Bonchev–Trinajstić information content (AvgIpc) is 2.59. The smallest absolute Gasteiger partial charge is 0.411 e. The van der Waals surface area contributed by atoms with Gasteiger partial charge in [0.1, 0.15) is 6.61 Å². The summed E-state index contributed by atoms with van der Waals surface area (Å²) < 4.78 is 51.8. The number of rotatable bonds is 4. The molecule has 2 rings (SSSR count). The van der Waals surface area contributed by atoms with Crippen LogP contribution in [0, 0.1) is 5.92 Å². The van der Waals surface area contributed by atoms with Gasteiger partial charge in [-0.2, -0.15) is 13.2 Å². The summed E-state index contributed by atoms with van der Waals surface area (Å²) in [5.41, 5.74) is 0.635. The Labute approximate surface area is 125 Å². The van der Waals surface area contributed by atoms with Crippen LogP contribution in [0.4, 0.5) is 13.2 Å². The zero-order valence-electron chi connectivity index (χ0n) is 11.5. The number of hydrogen-bond acceptors (Lipinski definition) is 3. The van der Waals surface area contributed by atoms with Crippen molar-refractivity contribution >= 4 is 11.6 Å². The maximum absolute atomic E-state index is 12.0. The highest BCUT2D eigenvalue weighted by molar-refractivity contribution is 6.20. The Morgan fingerprint density at radius 2 is 1.95 bits per heavy atom. The number of hydrogen-bond donors (Lipinski definition) is 0. The molecule has 1 aromatic rings. The molecule has 2 unspecified atom stereocenters. The van der Waals surface area contributed by atoms with Crippen LogP contribution in [0.1, 0.15) is 17.9 Å². The van der Waals surface area contributed by atoms with Crippen LogP contribution in [0.2, 0.25) is 0 Å². The van der Waals surface area contributed by atoms with Crippen LogP contribution in [0.3, 0.4) is 0 Å². The van der Waals surface area contributed by atoms with Gasteiger partial charge in [0.05, 0.1) is 25.2 Å². The Bertz CT molecular complexity index is 479. The lowest BCUT2D eigenvalue weighted by Gasteiger charge is -2.14. The Balaban J connectivity index is 1.98. The van der Waals surface area contributed by atoms with E-state index in [1.165, 1.54) is 0 Å². The van der Waals surface area contributed by atoms with Crippen molar-refractivity contribution in [2.24, 2.45) is 5.92 Å². The SMILES string of the molecule is CC1COc2ccc(C(Cl)COCC(F)(F)F)cc2OC1. The third kappa shape index (κ3) is 4.97. The second-order valence-electron chi connectivity index (χ2n) is 5.03. The standard InChI is InChI=1S/C14H16ClF3O3/c1-9-5-20-12-3-2-10(4-13(12)21-6-9)11(15)7-19-8-14(16,17)18/h2-4,9,11H,5-8H2,1H3. The number of halogens is 4. The highest BCUT2D eigenvalue weighted by atomic mass is 35.5. The molecule has 1 aliphatic rings. The number of fused-ring (bicyclic) bond motifs is 1.